The van der Waals surface area contributed by atoms with Gasteiger partial charge < -0.3 is 5.32 Å². The lowest BCUT2D eigenvalue weighted by molar-refractivity contribution is 0.379. The molecule has 2 nitrogen and oxygen atoms in total. The summed E-state index contributed by atoms with van der Waals surface area (Å²) in [4.78, 5) is 6.20. The van der Waals surface area contributed by atoms with Gasteiger partial charge in [-0.05, 0) is 68.6 Å². The minimum atomic E-state index is 0.555. The normalized spacial score (nSPS) is 19.2. The Hall–Kier alpha value is -1.19. The standard InChI is InChI=1S/C18H24N2S/c1-19-17(11-3-8-15-9-5-13-21-15)16-10-2-6-14-7-4-12-20-18(14)16/h4-5,7,9,12-13,16-17,19H,2-3,6,8,10-11H2,1H3. The van der Waals surface area contributed by atoms with Crippen LogP contribution in [0.3, 0.4) is 0 Å². The molecule has 0 saturated heterocycles. The van der Waals surface area contributed by atoms with E-state index in [2.05, 4.69) is 47.0 Å². The highest BCUT2D eigenvalue weighted by atomic mass is 32.1. The number of likely N-dealkylation sites (N-methyl/N-ethyl adjacent to an activating group) is 1. The molecule has 2 atom stereocenters. The van der Waals surface area contributed by atoms with Gasteiger partial charge in [0.25, 0.3) is 0 Å². The highest BCUT2D eigenvalue weighted by Gasteiger charge is 2.27. The highest BCUT2D eigenvalue weighted by Crippen LogP contribution is 2.34. The monoisotopic (exact) mass is 300 g/mol. The van der Waals surface area contributed by atoms with Gasteiger partial charge in [0.15, 0.2) is 0 Å². The second kappa shape index (κ2) is 7.19. The first kappa shape index (κ1) is 14.7. The number of aromatic nitrogens is 1. The third-order valence-electron chi connectivity index (χ3n) is 4.61. The Morgan fingerprint density at radius 2 is 2.33 bits per heavy atom. The van der Waals surface area contributed by atoms with Gasteiger partial charge in [0.05, 0.1) is 0 Å². The summed E-state index contributed by atoms with van der Waals surface area (Å²) in [5.74, 6) is 0.586. The van der Waals surface area contributed by atoms with E-state index in [-0.39, 0.29) is 0 Å². The zero-order valence-electron chi connectivity index (χ0n) is 12.7. The molecule has 0 aromatic carbocycles. The molecular weight excluding hydrogens is 276 g/mol. The summed E-state index contributed by atoms with van der Waals surface area (Å²) < 4.78 is 0. The number of aryl methyl sites for hydroxylation is 2. The fourth-order valence-electron chi connectivity index (χ4n) is 3.53. The predicted molar refractivity (Wildman–Crippen MR) is 90.0 cm³/mol. The van der Waals surface area contributed by atoms with E-state index in [1.165, 1.54) is 54.7 Å². The van der Waals surface area contributed by atoms with Crippen molar-refractivity contribution in [1.82, 2.24) is 10.3 Å². The molecule has 3 rings (SSSR count). The average molecular weight is 300 g/mol. The van der Waals surface area contributed by atoms with E-state index < -0.39 is 0 Å². The van der Waals surface area contributed by atoms with Crippen LogP contribution in [0.4, 0.5) is 0 Å². The number of fused-ring (bicyclic) bond motifs is 1. The summed E-state index contributed by atoms with van der Waals surface area (Å²) in [7, 11) is 2.10. The summed E-state index contributed by atoms with van der Waals surface area (Å²) in [6, 6.07) is 9.28. The number of pyridine rings is 1. The van der Waals surface area contributed by atoms with Gasteiger partial charge in [-0.3, -0.25) is 4.98 Å². The van der Waals surface area contributed by atoms with Crippen molar-refractivity contribution in [3.8, 4) is 0 Å². The van der Waals surface area contributed by atoms with E-state index in [0.29, 0.717) is 12.0 Å². The second-order valence-corrected chi connectivity index (χ2v) is 6.95. The number of nitrogens with zero attached hydrogens (tertiary/aromatic N) is 1. The van der Waals surface area contributed by atoms with E-state index in [9.17, 15) is 0 Å². The number of hydrogen-bond donors (Lipinski definition) is 1. The van der Waals surface area contributed by atoms with Crippen molar-refractivity contribution in [2.45, 2.75) is 50.5 Å². The zero-order chi connectivity index (χ0) is 14.5. The molecule has 112 valence electrons. The van der Waals surface area contributed by atoms with Crippen molar-refractivity contribution in [2.75, 3.05) is 7.05 Å². The molecule has 0 radical (unpaired) electrons. The fourth-order valence-corrected chi connectivity index (χ4v) is 4.29. The van der Waals surface area contributed by atoms with Crippen molar-refractivity contribution in [3.05, 3.63) is 52.0 Å². The van der Waals surface area contributed by atoms with Crippen LogP contribution in [-0.4, -0.2) is 18.1 Å². The van der Waals surface area contributed by atoms with Crippen LogP contribution in [0.15, 0.2) is 35.8 Å². The maximum atomic E-state index is 4.69. The van der Waals surface area contributed by atoms with Crippen molar-refractivity contribution in [2.24, 2.45) is 0 Å². The maximum Gasteiger partial charge on any atom is 0.0481 e. The summed E-state index contributed by atoms with van der Waals surface area (Å²) in [5.41, 5.74) is 2.81. The molecule has 3 heteroatoms. The van der Waals surface area contributed by atoms with E-state index in [1.54, 1.807) is 0 Å². The van der Waals surface area contributed by atoms with Crippen LogP contribution in [0.2, 0.25) is 0 Å². The summed E-state index contributed by atoms with van der Waals surface area (Å²) in [6.45, 7) is 0. The maximum absolute atomic E-state index is 4.69. The fraction of sp³-hybridized carbons (Fsp3) is 0.500. The summed E-state index contributed by atoms with van der Waals surface area (Å²) in [6.07, 6.45) is 9.42. The average Bonchev–Trinajstić information content (AvgIpc) is 3.05. The Kier molecular flexibility index (Phi) is 5.04. The quantitative estimate of drug-likeness (QED) is 0.866. The highest BCUT2D eigenvalue weighted by molar-refractivity contribution is 7.09. The third kappa shape index (κ3) is 3.53. The first-order valence-electron chi connectivity index (χ1n) is 8.02. The molecule has 1 N–H and O–H groups in total. The first-order valence-corrected chi connectivity index (χ1v) is 8.90. The molecular formula is C18H24N2S. The van der Waals surface area contributed by atoms with Crippen LogP contribution >= 0.6 is 11.3 Å². The van der Waals surface area contributed by atoms with Crippen molar-refractivity contribution >= 4 is 11.3 Å². The lowest BCUT2D eigenvalue weighted by atomic mass is 9.80. The number of rotatable bonds is 6. The van der Waals surface area contributed by atoms with Gasteiger partial charge in [0.1, 0.15) is 0 Å². The van der Waals surface area contributed by atoms with Crippen LogP contribution < -0.4 is 5.32 Å². The predicted octanol–water partition coefficient (Wildman–Crippen LogP) is 4.17. The molecule has 2 heterocycles. The molecule has 0 aliphatic heterocycles. The van der Waals surface area contributed by atoms with Crippen molar-refractivity contribution in [3.63, 3.8) is 0 Å². The lowest BCUT2D eigenvalue weighted by Crippen LogP contribution is -2.34. The van der Waals surface area contributed by atoms with Crippen LogP contribution in [0.5, 0.6) is 0 Å². The van der Waals surface area contributed by atoms with Crippen LogP contribution in [0.25, 0.3) is 0 Å². The van der Waals surface area contributed by atoms with E-state index >= 15 is 0 Å². The van der Waals surface area contributed by atoms with Gasteiger partial charge in [-0.2, -0.15) is 0 Å². The van der Waals surface area contributed by atoms with Gasteiger partial charge in [-0.25, -0.2) is 0 Å². The molecule has 0 bridgehead atoms. The minimum Gasteiger partial charge on any atom is -0.316 e. The third-order valence-corrected chi connectivity index (χ3v) is 5.55. The van der Waals surface area contributed by atoms with Gasteiger partial charge in [-0.1, -0.05) is 12.1 Å². The van der Waals surface area contributed by atoms with E-state index in [4.69, 9.17) is 0 Å². The lowest BCUT2D eigenvalue weighted by Gasteiger charge is -2.31. The molecule has 2 unspecified atom stereocenters. The molecule has 0 amide bonds. The Labute approximate surface area is 131 Å². The Balaban J connectivity index is 1.63. The van der Waals surface area contributed by atoms with E-state index in [1.807, 2.05) is 17.5 Å². The second-order valence-electron chi connectivity index (χ2n) is 5.91. The molecule has 1 aliphatic rings. The largest absolute Gasteiger partial charge is 0.316 e. The van der Waals surface area contributed by atoms with E-state index in [0.717, 1.165) is 0 Å². The van der Waals surface area contributed by atoms with Crippen LogP contribution in [0.1, 0.15) is 47.7 Å². The van der Waals surface area contributed by atoms with Gasteiger partial charge in [-0.15, -0.1) is 11.3 Å². The Bertz CT molecular complexity index is 550. The SMILES string of the molecule is CNC(CCCc1cccs1)C1CCCc2cccnc21. The molecule has 0 fully saturated rings. The first-order chi connectivity index (χ1) is 10.4. The number of thiophene rings is 1. The Morgan fingerprint density at radius 1 is 1.38 bits per heavy atom. The molecule has 0 spiro atoms. The van der Waals surface area contributed by atoms with Gasteiger partial charge in [0, 0.05) is 28.7 Å². The van der Waals surface area contributed by atoms with Gasteiger partial charge in [0.2, 0.25) is 0 Å². The number of nitrogens with one attached hydrogen (secondary N) is 1. The molecule has 21 heavy (non-hydrogen) atoms. The van der Waals surface area contributed by atoms with Crippen LogP contribution in [-0.2, 0) is 12.8 Å². The molecule has 2 aromatic rings. The topological polar surface area (TPSA) is 24.9 Å². The molecule has 2 aromatic heterocycles. The molecule has 1 aliphatic carbocycles. The summed E-state index contributed by atoms with van der Waals surface area (Å²) in [5, 5.41) is 5.73. The smallest absolute Gasteiger partial charge is 0.0481 e. The molecule has 0 saturated carbocycles. The van der Waals surface area contributed by atoms with Crippen molar-refractivity contribution < 1.29 is 0 Å². The van der Waals surface area contributed by atoms with Crippen LogP contribution in [0, 0.1) is 0 Å². The Morgan fingerprint density at radius 3 is 3.14 bits per heavy atom. The number of hydrogen-bond acceptors (Lipinski definition) is 3. The summed E-state index contributed by atoms with van der Waals surface area (Å²) >= 11 is 1.87. The minimum absolute atomic E-state index is 0.555. The van der Waals surface area contributed by atoms with Gasteiger partial charge >= 0.3 is 0 Å². The zero-order valence-corrected chi connectivity index (χ0v) is 13.5. The van der Waals surface area contributed by atoms with Crippen molar-refractivity contribution in [1.29, 1.82) is 0 Å².